The van der Waals surface area contributed by atoms with Crippen molar-refractivity contribution in [2.45, 2.75) is 6.54 Å². The van der Waals surface area contributed by atoms with E-state index in [0.29, 0.717) is 6.54 Å². The molecule has 0 atom stereocenters. The summed E-state index contributed by atoms with van der Waals surface area (Å²) in [4.78, 5) is 10.2. The number of aliphatic carboxylic acids is 1. The molecule has 2 aromatic rings. The summed E-state index contributed by atoms with van der Waals surface area (Å²) in [6.45, 7) is 0.222. The Morgan fingerprint density at radius 2 is 2.12 bits per heavy atom. The van der Waals surface area contributed by atoms with Gasteiger partial charge < -0.3 is 19.6 Å². The largest absolute Gasteiger partial charge is 1.00 e. The number of carbonyl (C=O) groups is 1. The number of fused-ring (bicyclic) bond motifs is 1. The van der Waals surface area contributed by atoms with Crippen LogP contribution in [0.5, 0.6) is 0 Å². The molecule has 0 spiro atoms. The Bertz CT molecular complexity index is 448. The van der Waals surface area contributed by atoms with Crippen molar-refractivity contribution in [1.82, 2.24) is 5.32 Å². The normalized spacial score (nSPS) is 10.0. The number of carbonyl (C=O) groups excluding carboxylic acids is 1. The molecular formula is C11H10NNaO3. The molecule has 16 heavy (non-hydrogen) atoms. The minimum absolute atomic E-state index is 0. The van der Waals surface area contributed by atoms with E-state index in [1.807, 2.05) is 30.3 Å². The smallest absolute Gasteiger partial charge is 0.549 e. The Morgan fingerprint density at radius 1 is 1.38 bits per heavy atom. The van der Waals surface area contributed by atoms with Gasteiger partial charge in [0, 0.05) is 11.9 Å². The van der Waals surface area contributed by atoms with Crippen LogP contribution in [0.25, 0.3) is 11.0 Å². The molecule has 78 valence electrons. The second-order valence-corrected chi connectivity index (χ2v) is 3.23. The SMILES string of the molecule is O=C([O-])CNCc1cc2ccccc2o1.[Na+]. The molecule has 0 aliphatic heterocycles. The number of carboxylic acid groups (broad SMARTS) is 1. The summed E-state index contributed by atoms with van der Waals surface area (Å²) in [6.07, 6.45) is 0. The van der Waals surface area contributed by atoms with E-state index >= 15 is 0 Å². The Kier molecular flexibility index (Phi) is 5.02. The second kappa shape index (κ2) is 6.06. The molecule has 0 saturated heterocycles. The van der Waals surface area contributed by atoms with E-state index in [1.54, 1.807) is 0 Å². The van der Waals surface area contributed by atoms with E-state index in [-0.39, 0.29) is 36.1 Å². The molecule has 0 aliphatic rings. The van der Waals surface area contributed by atoms with Gasteiger partial charge in [0.2, 0.25) is 0 Å². The van der Waals surface area contributed by atoms with Gasteiger partial charge in [-0.2, -0.15) is 0 Å². The van der Waals surface area contributed by atoms with Crippen LogP contribution in [0, 0.1) is 0 Å². The van der Waals surface area contributed by atoms with Crippen molar-refractivity contribution in [3.63, 3.8) is 0 Å². The zero-order valence-electron chi connectivity index (χ0n) is 9.03. The number of benzene rings is 1. The molecule has 0 aliphatic carbocycles. The second-order valence-electron chi connectivity index (χ2n) is 3.23. The number of para-hydroxylation sites is 1. The first-order valence-corrected chi connectivity index (χ1v) is 4.64. The molecule has 4 nitrogen and oxygen atoms in total. The van der Waals surface area contributed by atoms with Crippen molar-refractivity contribution < 1.29 is 43.9 Å². The Morgan fingerprint density at radius 3 is 2.81 bits per heavy atom. The van der Waals surface area contributed by atoms with Gasteiger partial charge in [-0.15, -0.1) is 0 Å². The minimum Gasteiger partial charge on any atom is -0.549 e. The molecule has 1 heterocycles. The maximum atomic E-state index is 10.2. The van der Waals surface area contributed by atoms with Crippen LogP contribution < -0.4 is 40.0 Å². The van der Waals surface area contributed by atoms with Crippen molar-refractivity contribution in [2.75, 3.05) is 6.54 Å². The van der Waals surface area contributed by atoms with Crippen LogP contribution in [-0.4, -0.2) is 12.5 Å². The van der Waals surface area contributed by atoms with Crippen LogP contribution in [0.2, 0.25) is 0 Å². The van der Waals surface area contributed by atoms with Crippen molar-refractivity contribution in [2.24, 2.45) is 0 Å². The first kappa shape index (κ1) is 13.3. The summed E-state index contributed by atoms with van der Waals surface area (Å²) in [6, 6.07) is 9.52. The Hall–Kier alpha value is -0.810. The molecule has 1 N–H and O–H groups in total. The Labute approximate surface area is 115 Å². The predicted molar refractivity (Wildman–Crippen MR) is 52.9 cm³/mol. The summed E-state index contributed by atoms with van der Waals surface area (Å²) in [7, 11) is 0. The topological polar surface area (TPSA) is 65.3 Å². The van der Waals surface area contributed by atoms with Crippen molar-refractivity contribution in [3.8, 4) is 0 Å². The first-order chi connectivity index (χ1) is 7.25. The number of hydrogen-bond acceptors (Lipinski definition) is 4. The van der Waals surface area contributed by atoms with Crippen LogP contribution in [0.15, 0.2) is 34.7 Å². The number of hydrogen-bond donors (Lipinski definition) is 1. The van der Waals surface area contributed by atoms with E-state index in [2.05, 4.69) is 5.32 Å². The van der Waals surface area contributed by atoms with Gasteiger partial charge in [0.1, 0.15) is 11.3 Å². The van der Waals surface area contributed by atoms with Crippen LogP contribution in [0.3, 0.4) is 0 Å². The zero-order valence-corrected chi connectivity index (χ0v) is 11.0. The van der Waals surface area contributed by atoms with E-state index in [1.165, 1.54) is 0 Å². The summed E-state index contributed by atoms with van der Waals surface area (Å²) >= 11 is 0. The molecule has 0 amide bonds. The standard InChI is InChI=1S/C11H11NO3.Na/c13-11(14)7-12-6-9-5-8-3-1-2-4-10(8)15-9;/h1-5,12H,6-7H2,(H,13,14);/q;+1/p-1. The number of nitrogens with one attached hydrogen (secondary N) is 1. The molecule has 5 heteroatoms. The molecule has 1 aromatic carbocycles. The van der Waals surface area contributed by atoms with Crippen LogP contribution >= 0.6 is 0 Å². The van der Waals surface area contributed by atoms with Crippen LogP contribution in [-0.2, 0) is 11.3 Å². The van der Waals surface area contributed by atoms with Gasteiger partial charge in [0.05, 0.1) is 12.5 Å². The average molecular weight is 227 g/mol. The molecule has 0 radical (unpaired) electrons. The number of furan rings is 1. The van der Waals surface area contributed by atoms with E-state index in [0.717, 1.165) is 16.7 Å². The maximum Gasteiger partial charge on any atom is 1.00 e. The fraction of sp³-hybridized carbons (Fsp3) is 0.182. The van der Waals surface area contributed by atoms with Gasteiger partial charge in [-0.3, -0.25) is 0 Å². The van der Waals surface area contributed by atoms with Crippen LogP contribution in [0.4, 0.5) is 0 Å². The molecule has 0 bridgehead atoms. The molecule has 0 fully saturated rings. The van der Waals surface area contributed by atoms with Gasteiger partial charge in [0.25, 0.3) is 0 Å². The van der Waals surface area contributed by atoms with E-state index < -0.39 is 5.97 Å². The molecular weight excluding hydrogens is 217 g/mol. The fourth-order valence-corrected chi connectivity index (χ4v) is 1.41. The summed E-state index contributed by atoms with van der Waals surface area (Å²) in [5.41, 5.74) is 0.808. The Balaban J connectivity index is 0.00000128. The summed E-state index contributed by atoms with van der Waals surface area (Å²) < 4.78 is 5.47. The number of rotatable bonds is 4. The summed E-state index contributed by atoms with van der Waals surface area (Å²) in [5.74, 6) is -0.399. The first-order valence-electron chi connectivity index (χ1n) is 4.64. The third kappa shape index (κ3) is 3.35. The van der Waals surface area contributed by atoms with Crippen molar-refractivity contribution in [1.29, 1.82) is 0 Å². The monoisotopic (exact) mass is 227 g/mol. The third-order valence-corrected chi connectivity index (χ3v) is 2.05. The van der Waals surface area contributed by atoms with Gasteiger partial charge in [0.15, 0.2) is 0 Å². The van der Waals surface area contributed by atoms with Crippen molar-refractivity contribution >= 4 is 16.9 Å². The molecule has 1 aromatic heterocycles. The van der Waals surface area contributed by atoms with Crippen molar-refractivity contribution in [3.05, 3.63) is 36.1 Å². The van der Waals surface area contributed by atoms with Gasteiger partial charge >= 0.3 is 29.6 Å². The summed E-state index contributed by atoms with van der Waals surface area (Å²) in [5, 5.41) is 13.9. The van der Waals surface area contributed by atoms with Gasteiger partial charge in [-0.05, 0) is 12.1 Å². The van der Waals surface area contributed by atoms with Gasteiger partial charge in [-0.25, -0.2) is 0 Å². The van der Waals surface area contributed by atoms with E-state index in [9.17, 15) is 9.90 Å². The minimum atomic E-state index is -1.12. The maximum absolute atomic E-state index is 10.2. The fourth-order valence-electron chi connectivity index (χ4n) is 1.41. The zero-order chi connectivity index (χ0) is 10.7. The van der Waals surface area contributed by atoms with Crippen LogP contribution in [0.1, 0.15) is 5.76 Å². The quantitative estimate of drug-likeness (QED) is 0.576. The average Bonchev–Trinajstić information content (AvgIpc) is 2.59. The predicted octanol–water partition coefficient (Wildman–Crippen LogP) is -2.72. The van der Waals surface area contributed by atoms with E-state index in [4.69, 9.17) is 4.42 Å². The third-order valence-electron chi connectivity index (χ3n) is 2.05. The number of carboxylic acids is 1. The molecule has 0 saturated carbocycles. The van der Waals surface area contributed by atoms with Gasteiger partial charge in [-0.1, -0.05) is 18.2 Å². The molecule has 2 rings (SSSR count). The molecule has 0 unspecified atom stereocenters.